The number of hydrogen-bond acceptors (Lipinski definition) is 5. The van der Waals surface area contributed by atoms with Crippen molar-refractivity contribution in [3.05, 3.63) is 11.6 Å². The molecule has 0 spiro atoms. The van der Waals surface area contributed by atoms with Crippen molar-refractivity contribution < 1.29 is 19.5 Å². The van der Waals surface area contributed by atoms with Crippen molar-refractivity contribution in [1.82, 2.24) is 20.5 Å². The number of carboxylic acids is 1. The summed E-state index contributed by atoms with van der Waals surface area (Å²) in [6.07, 6.45) is 0.0655. The van der Waals surface area contributed by atoms with E-state index in [1.165, 1.54) is 0 Å². The molecule has 5 N–H and O–H groups in total. The molecule has 1 rings (SSSR count). The number of carbonyl (C=O) groups excluding carboxylic acids is 2. The Balaban J connectivity index is 2.71. The molecule has 18 heavy (non-hydrogen) atoms. The van der Waals surface area contributed by atoms with Gasteiger partial charge in [0.25, 0.3) is 5.91 Å². The van der Waals surface area contributed by atoms with E-state index in [9.17, 15) is 14.4 Å². The summed E-state index contributed by atoms with van der Waals surface area (Å²) in [7, 11) is 0. The second-order valence-electron chi connectivity index (χ2n) is 3.49. The van der Waals surface area contributed by atoms with Crippen LogP contribution < -0.4 is 11.1 Å². The fourth-order valence-electron chi connectivity index (χ4n) is 1.18. The number of hydrogen-bond donors (Lipinski definition) is 4. The zero-order valence-electron chi connectivity index (χ0n) is 9.64. The molecule has 9 nitrogen and oxygen atoms in total. The number of rotatable bonds is 6. The molecule has 0 unspecified atom stereocenters. The van der Waals surface area contributed by atoms with Crippen LogP contribution in [0.2, 0.25) is 0 Å². The molecule has 0 aliphatic heterocycles. The van der Waals surface area contributed by atoms with Gasteiger partial charge in [0.1, 0.15) is 11.9 Å². The lowest BCUT2D eigenvalue weighted by atomic mass is 10.2. The molecule has 0 fully saturated rings. The highest BCUT2D eigenvalue weighted by Gasteiger charge is 2.24. The topological polar surface area (TPSA) is 151 Å². The minimum Gasteiger partial charge on any atom is -0.480 e. The van der Waals surface area contributed by atoms with Crippen molar-refractivity contribution in [3.8, 4) is 0 Å². The molecule has 0 aromatic carbocycles. The average Bonchev–Trinajstić information content (AvgIpc) is 2.75. The molecule has 98 valence electrons. The van der Waals surface area contributed by atoms with Gasteiger partial charge in [-0.2, -0.15) is 0 Å². The monoisotopic (exact) mass is 255 g/mol. The average molecular weight is 255 g/mol. The lowest BCUT2D eigenvalue weighted by Gasteiger charge is -2.10. The molecule has 1 heterocycles. The highest BCUT2D eigenvalue weighted by Crippen LogP contribution is 1.97. The largest absolute Gasteiger partial charge is 0.480 e. The van der Waals surface area contributed by atoms with E-state index in [-0.39, 0.29) is 5.82 Å². The van der Waals surface area contributed by atoms with Gasteiger partial charge in [0.2, 0.25) is 11.7 Å². The van der Waals surface area contributed by atoms with E-state index in [1.54, 1.807) is 0 Å². The Morgan fingerprint density at radius 1 is 1.50 bits per heavy atom. The predicted molar refractivity (Wildman–Crippen MR) is 58.5 cm³/mol. The molecular weight excluding hydrogens is 242 g/mol. The fraction of sp³-hybridized carbons (Fsp3) is 0.444. The molecule has 0 aliphatic rings. The first-order valence-corrected chi connectivity index (χ1v) is 5.17. The third-order valence-corrected chi connectivity index (χ3v) is 2.08. The van der Waals surface area contributed by atoms with Gasteiger partial charge in [-0.05, 0) is 0 Å². The van der Waals surface area contributed by atoms with Crippen LogP contribution in [0.15, 0.2) is 0 Å². The standard InChI is InChI=1S/C9H13N5O4/c1-2-6-12-7(14-13-6)8(16)11-4(9(17)18)3-5(10)15/h4H,2-3H2,1H3,(H2,10,15)(H,11,16)(H,17,18)(H,12,13,14)/t4-/m0/s1. The maximum Gasteiger partial charge on any atom is 0.326 e. The van der Waals surface area contributed by atoms with Gasteiger partial charge in [-0.3, -0.25) is 14.7 Å². The van der Waals surface area contributed by atoms with Crippen molar-refractivity contribution in [2.24, 2.45) is 5.73 Å². The third-order valence-electron chi connectivity index (χ3n) is 2.08. The molecule has 0 bridgehead atoms. The molecule has 0 saturated heterocycles. The molecule has 9 heteroatoms. The van der Waals surface area contributed by atoms with Crippen LogP contribution in [0.3, 0.4) is 0 Å². The molecule has 1 atom stereocenters. The number of carboxylic acid groups (broad SMARTS) is 1. The Labute approximate surface area is 102 Å². The summed E-state index contributed by atoms with van der Waals surface area (Å²) >= 11 is 0. The van der Waals surface area contributed by atoms with Gasteiger partial charge in [0.15, 0.2) is 0 Å². The van der Waals surface area contributed by atoms with Crippen LogP contribution in [0.1, 0.15) is 29.8 Å². The van der Waals surface area contributed by atoms with E-state index in [1.807, 2.05) is 6.92 Å². The Bertz CT molecular complexity index is 469. The van der Waals surface area contributed by atoms with Gasteiger partial charge in [0.05, 0.1) is 6.42 Å². The first-order valence-electron chi connectivity index (χ1n) is 5.17. The SMILES string of the molecule is CCc1nc(C(=O)N[C@@H](CC(N)=O)C(=O)O)n[nH]1. The first-order chi connectivity index (χ1) is 8.43. The van der Waals surface area contributed by atoms with Crippen LogP contribution in [-0.2, 0) is 16.0 Å². The number of primary amides is 1. The van der Waals surface area contributed by atoms with Crippen LogP contribution in [0.5, 0.6) is 0 Å². The summed E-state index contributed by atoms with van der Waals surface area (Å²) < 4.78 is 0. The van der Waals surface area contributed by atoms with Crippen molar-refractivity contribution in [3.63, 3.8) is 0 Å². The van der Waals surface area contributed by atoms with Gasteiger partial charge in [0, 0.05) is 6.42 Å². The highest BCUT2D eigenvalue weighted by atomic mass is 16.4. The first kappa shape index (κ1) is 13.6. The zero-order chi connectivity index (χ0) is 13.7. The third kappa shape index (κ3) is 3.54. The molecule has 0 radical (unpaired) electrons. The Morgan fingerprint density at radius 3 is 2.61 bits per heavy atom. The fourth-order valence-corrected chi connectivity index (χ4v) is 1.18. The van der Waals surface area contributed by atoms with E-state index < -0.39 is 30.2 Å². The number of nitrogens with two attached hydrogens (primary N) is 1. The lowest BCUT2D eigenvalue weighted by molar-refractivity contribution is -0.140. The number of H-pyrrole nitrogens is 1. The van der Waals surface area contributed by atoms with Crippen molar-refractivity contribution in [2.75, 3.05) is 0 Å². The number of aliphatic carboxylic acids is 1. The second kappa shape index (κ2) is 5.75. The molecular formula is C9H13N5O4. The Kier molecular flexibility index (Phi) is 4.35. The van der Waals surface area contributed by atoms with Gasteiger partial charge in [-0.15, -0.1) is 5.10 Å². The second-order valence-corrected chi connectivity index (χ2v) is 3.49. The quantitative estimate of drug-likeness (QED) is 0.481. The van der Waals surface area contributed by atoms with Gasteiger partial charge in [-0.1, -0.05) is 6.92 Å². The van der Waals surface area contributed by atoms with E-state index in [0.717, 1.165) is 0 Å². The van der Waals surface area contributed by atoms with E-state index >= 15 is 0 Å². The van der Waals surface area contributed by atoms with Crippen molar-refractivity contribution in [1.29, 1.82) is 0 Å². The minimum atomic E-state index is -1.39. The number of carbonyl (C=O) groups is 3. The number of nitrogens with one attached hydrogen (secondary N) is 2. The summed E-state index contributed by atoms with van der Waals surface area (Å²) in [6.45, 7) is 1.81. The van der Waals surface area contributed by atoms with Crippen LogP contribution in [-0.4, -0.2) is 44.1 Å². The van der Waals surface area contributed by atoms with E-state index in [2.05, 4.69) is 20.5 Å². The number of aromatic nitrogens is 3. The van der Waals surface area contributed by atoms with E-state index in [4.69, 9.17) is 10.8 Å². The molecule has 1 aromatic rings. The predicted octanol–water partition coefficient (Wildman–Crippen LogP) is -1.57. The maximum absolute atomic E-state index is 11.6. The molecule has 0 saturated carbocycles. The minimum absolute atomic E-state index is 0.178. The van der Waals surface area contributed by atoms with Gasteiger partial charge < -0.3 is 16.2 Å². The Morgan fingerprint density at radius 2 is 2.17 bits per heavy atom. The van der Waals surface area contributed by atoms with Crippen LogP contribution in [0.4, 0.5) is 0 Å². The lowest BCUT2D eigenvalue weighted by Crippen LogP contribution is -2.43. The summed E-state index contributed by atoms with van der Waals surface area (Å²) in [5.41, 5.74) is 4.88. The number of aromatic amines is 1. The molecule has 1 aromatic heterocycles. The molecule has 2 amide bonds. The van der Waals surface area contributed by atoms with Crippen LogP contribution in [0, 0.1) is 0 Å². The summed E-state index contributed by atoms with van der Waals surface area (Å²) in [5.74, 6) is -2.63. The smallest absolute Gasteiger partial charge is 0.326 e. The number of nitrogens with zero attached hydrogens (tertiary/aromatic N) is 2. The van der Waals surface area contributed by atoms with Crippen molar-refractivity contribution >= 4 is 17.8 Å². The number of amides is 2. The van der Waals surface area contributed by atoms with Crippen LogP contribution >= 0.6 is 0 Å². The summed E-state index contributed by atoms with van der Waals surface area (Å²) in [4.78, 5) is 36.9. The van der Waals surface area contributed by atoms with Gasteiger partial charge >= 0.3 is 5.97 Å². The van der Waals surface area contributed by atoms with Crippen LogP contribution in [0.25, 0.3) is 0 Å². The van der Waals surface area contributed by atoms with E-state index in [0.29, 0.717) is 12.2 Å². The summed E-state index contributed by atoms with van der Waals surface area (Å²) in [5, 5.41) is 17.1. The van der Waals surface area contributed by atoms with Gasteiger partial charge in [-0.25, -0.2) is 9.78 Å². The summed E-state index contributed by atoms with van der Waals surface area (Å²) in [6, 6.07) is -1.39. The maximum atomic E-state index is 11.6. The zero-order valence-corrected chi connectivity index (χ0v) is 9.64. The Hall–Kier alpha value is -2.45. The molecule has 0 aliphatic carbocycles. The number of aryl methyl sites for hydroxylation is 1. The van der Waals surface area contributed by atoms with Crippen molar-refractivity contribution in [2.45, 2.75) is 25.8 Å². The highest BCUT2D eigenvalue weighted by molar-refractivity contribution is 5.94. The normalized spacial score (nSPS) is 11.8.